The number of carboxylic acids is 1. The molecule has 0 radical (unpaired) electrons. The summed E-state index contributed by atoms with van der Waals surface area (Å²) in [5.74, 6) is -1.33. The van der Waals surface area contributed by atoms with E-state index in [1.165, 1.54) is 0 Å². The highest BCUT2D eigenvalue weighted by Crippen LogP contribution is 2.19. The van der Waals surface area contributed by atoms with E-state index in [9.17, 15) is 14.7 Å². The van der Waals surface area contributed by atoms with Crippen molar-refractivity contribution >= 4 is 22.8 Å². The smallest absolute Gasteiger partial charge is 0.326 e. The van der Waals surface area contributed by atoms with Gasteiger partial charge in [-0.15, -0.1) is 0 Å². The Hall–Kier alpha value is -2.38. The van der Waals surface area contributed by atoms with Crippen LogP contribution >= 0.6 is 0 Å². The van der Waals surface area contributed by atoms with Crippen LogP contribution in [0.5, 0.6) is 0 Å². The fourth-order valence-electron chi connectivity index (χ4n) is 2.87. The van der Waals surface area contributed by atoms with Crippen LogP contribution in [0.4, 0.5) is 0 Å². The zero-order valence-corrected chi connectivity index (χ0v) is 14.4. The lowest BCUT2D eigenvalue weighted by atomic mass is 10.0. The average molecular weight is 346 g/mol. The van der Waals surface area contributed by atoms with E-state index in [2.05, 4.69) is 15.6 Å². The normalized spacial score (nSPS) is 13.5. The van der Waals surface area contributed by atoms with Gasteiger partial charge in [-0.25, -0.2) is 4.79 Å². The topological polar surface area (TPSA) is 120 Å². The van der Waals surface area contributed by atoms with Gasteiger partial charge in [-0.1, -0.05) is 18.2 Å². The molecule has 0 unspecified atom stereocenters. The summed E-state index contributed by atoms with van der Waals surface area (Å²) >= 11 is 0. The number of fused-ring (bicyclic) bond motifs is 1. The van der Waals surface area contributed by atoms with E-state index in [0.29, 0.717) is 25.8 Å². The molecule has 25 heavy (non-hydrogen) atoms. The van der Waals surface area contributed by atoms with E-state index in [4.69, 9.17) is 5.73 Å². The van der Waals surface area contributed by atoms with Crippen LogP contribution in [0, 0.1) is 0 Å². The highest BCUT2D eigenvalue weighted by molar-refractivity contribution is 5.88. The van der Waals surface area contributed by atoms with Gasteiger partial charge in [0.15, 0.2) is 0 Å². The van der Waals surface area contributed by atoms with Gasteiger partial charge in [0.05, 0.1) is 6.04 Å². The molecule has 0 saturated carbocycles. The molecule has 1 aromatic carbocycles. The largest absolute Gasteiger partial charge is 0.480 e. The summed E-state index contributed by atoms with van der Waals surface area (Å²) in [6.07, 6.45) is 4.15. The number of unbranched alkanes of at least 4 members (excludes halogenated alkanes) is 1. The molecular formula is C18H26N4O3. The Bertz CT molecular complexity index is 713. The molecule has 0 saturated heterocycles. The molecule has 7 heteroatoms. The summed E-state index contributed by atoms with van der Waals surface area (Å²) in [6.45, 7) is 0.514. The fourth-order valence-corrected chi connectivity index (χ4v) is 2.87. The molecular weight excluding hydrogens is 320 g/mol. The third-order valence-corrected chi connectivity index (χ3v) is 4.33. The standard InChI is InChI=1S/C18H26N4O3/c1-20-16(10-12-11-21-14-7-3-2-6-13(12)14)17(23)22-15(18(24)25)8-4-5-9-19/h2-3,6-7,11,15-16,20-21H,4-5,8-10,19H2,1H3,(H,22,23)(H,24,25)/t15-,16-/m0/s1. The molecule has 0 bridgehead atoms. The number of aromatic nitrogens is 1. The molecule has 2 atom stereocenters. The third-order valence-electron chi connectivity index (χ3n) is 4.33. The first-order valence-electron chi connectivity index (χ1n) is 8.52. The summed E-state index contributed by atoms with van der Waals surface area (Å²) in [7, 11) is 1.70. The molecule has 2 rings (SSSR count). The number of aromatic amines is 1. The Labute approximate surface area is 147 Å². The van der Waals surface area contributed by atoms with Crippen LogP contribution in [0.15, 0.2) is 30.5 Å². The Kier molecular flexibility index (Phi) is 6.97. The minimum Gasteiger partial charge on any atom is -0.480 e. The number of nitrogens with two attached hydrogens (primary N) is 1. The Balaban J connectivity index is 2.03. The summed E-state index contributed by atoms with van der Waals surface area (Å²) in [5.41, 5.74) is 7.46. The predicted octanol–water partition coefficient (Wildman–Crippen LogP) is 0.997. The molecule has 1 aromatic heterocycles. The van der Waals surface area contributed by atoms with E-state index in [-0.39, 0.29) is 5.91 Å². The highest BCUT2D eigenvalue weighted by Gasteiger charge is 2.24. The van der Waals surface area contributed by atoms with E-state index in [1.807, 2.05) is 30.5 Å². The molecule has 0 aliphatic carbocycles. The molecule has 1 heterocycles. The monoisotopic (exact) mass is 346 g/mol. The van der Waals surface area contributed by atoms with Crippen LogP contribution in [0.2, 0.25) is 0 Å². The zero-order valence-electron chi connectivity index (χ0n) is 14.4. The van der Waals surface area contributed by atoms with Crippen molar-refractivity contribution in [3.05, 3.63) is 36.0 Å². The molecule has 2 aromatic rings. The Morgan fingerprint density at radius 1 is 1.24 bits per heavy atom. The lowest BCUT2D eigenvalue weighted by Crippen LogP contribution is -2.50. The number of hydrogen-bond donors (Lipinski definition) is 5. The number of carboxylic acid groups (broad SMARTS) is 1. The molecule has 7 nitrogen and oxygen atoms in total. The summed E-state index contributed by atoms with van der Waals surface area (Å²) in [5, 5.41) is 16.0. The molecule has 0 fully saturated rings. The first-order chi connectivity index (χ1) is 12.1. The number of carbonyl (C=O) groups excluding carboxylic acids is 1. The molecule has 0 aliphatic rings. The van der Waals surface area contributed by atoms with Gasteiger partial charge in [0.25, 0.3) is 0 Å². The summed E-state index contributed by atoms with van der Waals surface area (Å²) < 4.78 is 0. The van der Waals surface area contributed by atoms with Crippen molar-refractivity contribution in [2.45, 2.75) is 37.8 Å². The maximum absolute atomic E-state index is 12.5. The average Bonchev–Trinajstić information content (AvgIpc) is 3.01. The Morgan fingerprint density at radius 3 is 2.68 bits per heavy atom. The number of nitrogens with one attached hydrogen (secondary N) is 3. The predicted molar refractivity (Wildman–Crippen MR) is 97.3 cm³/mol. The Morgan fingerprint density at radius 2 is 2.00 bits per heavy atom. The number of amides is 1. The van der Waals surface area contributed by atoms with E-state index in [1.54, 1.807) is 7.05 Å². The number of hydrogen-bond acceptors (Lipinski definition) is 4. The van der Waals surface area contributed by atoms with Gasteiger partial charge in [0.1, 0.15) is 6.04 Å². The highest BCUT2D eigenvalue weighted by atomic mass is 16.4. The first kappa shape index (κ1) is 19.0. The van der Waals surface area contributed by atoms with Gasteiger partial charge in [0.2, 0.25) is 5.91 Å². The van der Waals surface area contributed by atoms with E-state index in [0.717, 1.165) is 22.9 Å². The van der Waals surface area contributed by atoms with Gasteiger partial charge in [-0.3, -0.25) is 4.79 Å². The maximum Gasteiger partial charge on any atom is 0.326 e. The molecule has 6 N–H and O–H groups in total. The van der Waals surface area contributed by atoms with Crippen molar-refractivity contribution in [3.8, 4) is 0 Å². The van der Waals surface area contributed by atoms with E-state index < -0.39 is 18.1 Å². The quantitative estimate of drug-likeness (QED) is 0.411. The first-order valence-corrected chi connectivity index (χ1v) is 8.52. The van der Waals surface area contributed by atoms with Gasteiger partial charge < -0.3 is 26.5 Å². The lowest BCUT2D eigenvalue weighted by Gasteiger charge is -2.20. The zero-order chi connectivity index (χ0) is 18.2. The van der Waals surface area contributed by atoms with Crippen LogP contribution < -0.4 is 16.4 Å². The van der Waals surface area contributed by atoms with Crippen LogP contribution in [0.3, 0.4) is 0 Å². The second kappa shape index (κ2) is 9.19. The fraction of sp³-hybridized carbons (Fsp3) is 0.444. The number of rotatable bonds is 10. The van der Waals surface area contributed by atoms with Crippen molar-refractivity contribution in [1.29, 1.82) is 0 Å². The summed E-state index contributed by atoms with van der Waals surface area (Å²) in [4.78, 5) is 27.1. The van der Waals surface area contributed by atoms with Crippen LogP contribution in [0.1, 0.15) is 24.8 Å². The lowest BCUT2D eigenvalue weighted by molar-refractivity contribution is -0.142. The number of H-pyrrole nitrogens is 1. The molecule has 0 aliphatic heterocycles. The van der Waals surface area contributed by atoms with Crippen molar-refractivity contribution in [2.75, 3.05) is 13.6 Å². The minimum absolute atomic E-state index is 0.312. The second-order valence-electron chi connectivity index (χ2n) is 6.09. The van der Waals surface area contributed by atoms with Gasteiger partial charge in [-0.05, 0) is 50.9 Å². The molecule has 136 valence electrons. The third kappa shape index (κ3) is 5.04. The van der Waals surface area contributed by atoms with Crippen LogP contribution in [0.25, 0.3) is 10.9 Å². The SMILES string of the molecule is CN[C@@H](Cc1c[nH]c2ccccc12)C(=O)N[C@@H](CCCCN)C(=O)O. The van der Waals surface area contributed by atoms with Crippen molar-refractivity contribution in [2.24, 2.45) is 5.73 Å². The van der Waals surface area contributed by atoms with Gasteiger partial charge in [-0.2, -0.15) is 0 Å². The van der Waals surface area contributed by atoms with Crippen LogP contribution in [-0.4, -0.2) is 47.6 Å². The molecule has 1 amide bonds. The van der Waals surface area contributed by atoms with Crippen molar-refractivity contribution in [1.82, 2.24) is 15.6 Å². The number of likely N-dealkylation sites (N-methyl/N-ethyl adjacent to an activating group) is 1. The van der Waals surface area contributed by atoms with Gasteiger partial charge in [0, 0.05) is 17.1 Å². The summed E-state index contributed by atoms with van der Waals surface area (Å²) in [6, 6.07) is 6.48. The molecule has 0 spiro atoms. The number of benzene rings is 1. The second-order valence-corrected chi connectivity index (χ2v) is 6.09. The van der Waals surface area contributed by atoms with Gasteiger partial charge >= 0.3 is 5.97 Å². The van der Waals surface area contributed by atoms with Crippen molar-refractivity contribution in [3.63, 3.8) is 0 Å². The number of carbonyl (C=O) groups is 2. The number of para-hydroxylation sites is 1. The minimum atomic E-state index is -1.02. The maximum atomic E-state index is 12.5. The van der Waals surface area contributed by atoms with E-state index >= 15 is 0 Å². The van der Waals surface area contributed by atoms with Crippen LogP contribution in [-0.2, 0) is 16.0 Å². The number of aliphatic carboxylic acids is 1. The van der Waals surface area contributed by atoms with Crippen molar-refractivity contribution < 1.29 is 14.7 Å².